The van der Waals surface area contributed by atoms with Crippen molar-refractivity contribution < 1.29 is 4.79 Å². The van der Waals surface area contributed by atoms with Crippen LogP contribution in [0.1, 0.15) is 60.8 Å². The van der Waals surface area contributed by atoms with Crippen molar-refractivity contribution >= 4 is 11.4 Å². The molecule has 1 aliphatic carbocycles. The molecule has 0 bridgehead atoms. The number of carbonyl (C=O) groups excluding carboxylic acids is 1. The summed E-state index contributed by atoms with van der Waals surface area (Å²) < 4.78 is 0. The molecule has 1 saturated carbocycles. The lowest BCUT2D eigenvalue weighted by Crippen LogP contribution is -2.29. The van der Waals surface area contributed by atoms with Gasteiger partial charge >= 0.3 is 0 Å². The zero-order chi connectivity index (χ0) is 14.1. The monoisotopic (exact) mass is 272 g/mol. The van der Waals surface area contributed by atoms with Gasteiger partial charge in [0.1, 0.15) is 0 Å². The molecule has 1 N–H and O–H groups in total. The van der Waals surface area contributed by atoms with Gasteiger partial charge in [0.25, 0.3) is 0 Å². The molecular formula is C17H24N2O. The third-order valence-corrected chi connectivity index (χ3v) is 4.48. The minimum atomic E-state index is 0.117. The molecule has 3 rings (SSSR count). The van der Waals surface area contributed by atoms with Crippen LogP contribution >= 0.6 is 0 Å². The first-order chi connectivity index (χ1) is 9.65. The van der Waals surface area contributed by atoms with Crippen LogP contribution in [0.2, 0.25) is 0 Å². The lowest BCUT2D eigenvalue weighted by Gasteiger charge is -2.25. The van der Waals surface area contributed by atoms with Crippen LogP contribution in [0.15, 0.2) is 12.6 Å². The van der Waals surface area contributed by atoms with E-state index in [4.69, 9.17) is 0 Å². The zero-order valence-corrected chi connectivity index (χ0v) is 12.4. The molecule has 108 valence electrons. The Morgan fingerprint density at radius 3 is 2.65 bits per heavy atom. The van der Waals surface area contributed by atoms with Gasteiger partial charge in [-0.05, 0) is 56.3 Å². The average Bonchev–Trinajstić information content (AvgIpc) is 3.20. The van der Waals surface area contributed by atoms with E-state index in [1.54, 1.807) is 6.92 Å². The van der Waals surface area contributed by atoms with Crippen LogP contribution in [0.4, 0.5) is 0 Å². The van der Waals surface area contributed by atoms with Crippen LogP contribution in [-0.4, -0.2) is 28.8 Å². The number of carbonyl (C=O) groups is 1. The molecule has 0 radical (unpaired) electrons. The molecule has 3 nitrogen and oxygen atoms in total. The minimum Gasteiger partial charge on any atom is -0.354 e. The van der Waals surface area contributed by atoms with Gasteiger partial charge in [0.05, 0.1) is 5.69 Å². The van der Waals surface area contributed by atoms with Crippen molar-refractivity contribution in [2.45, 2.75) is 45.6 Å². The molecular weight excluding hydrogens is 248 g/mol. The number of aromatic amines is 1. The lowest BCUT2D eigenvalue weighted by molar-refractivity contribution is 0.101. The zero-order valence-electron chi connectivity index (χ0n) is 12.4. The van der Waals surface area contributed by atoms with E-state index in [-0.39, 0.29) is 5.78 Å². The van der Waals surface area contributed by atoms with Gasteiger partial charge < -0.3 is 4.98 Å². The van der Waals surface area contributed by atoms with Crippen molar-refractivity contribution in [1.82, 2.24) is 9.88 Å². The second-order valence-corrected chi connectivity index (χ2v) is 6.28. The number of nitrogens with zero attached hydrogens (tertiary/aromatic N) is 1. The first-order valence-corrected chi connectivity index (χ1v) is 7.79. The fraction of sp³-hybridized carbons (Fsp3) is 0.588. The highest BCUT2D eigenvalue weighted by Gasteiger charge is 2.28. The van der Waals surface area contributed by atoms with E-state index in [1.165, 1.54) is 45.2 Å². The molecule has 0 aromatic carbocycles. The number of likely N-dealkylation sites (tertiary alicyclic amines) is 1. The molecule has 1 aromatic heterocycles. The van der Waals surface area contributed by atoms with Gasteiger partial charge in [0.15, 0.2) is 5.78 Å². The summed E-state index contributed by atoms with van der Waals surface area (Å²) in [7, 11) is 0. The maximum Gasteiger partial charge on any atom is 0.176 e. The second-order valence-electron chi connectivity index (χ2n) is 6.28. The summed E-state index contributed by atoms with van der Waals surface area (Å²) >= 11 is 0. The SMILES string of the molecule is C=C(c1cc(CN2CCCCC2)[nH]c1C(C)=O)C1CC1. The van der Waals surface area contributed by atoms with Crippen molar-refractivity contribution in [3.05, 3.63) is 29.6 Å². The van der Waals surface area contributed by atoms with Crippen LogP contribution in [0.25, 0.3) is 5.57 Å². The maximum absolute atomic E-state index is 11.8. The Kier molecular flexibility index (Phi) is 3.79. The third-order valence-electron chi connectivity index (χ3n) is 4.48. The number of hydrogen-bond acceptors (Lipinski definition) is 2. The first-order valence-electron chi connectivity index (χ1n) is 7.79. The quantitative estimate of drug-likeness (QED) is 0.831. The fourth-order valence-corrected chi connectivity index (χ4v) is 3.14. The second kappa shape index (κ2) is 5.57. The standard InChI is InChI=1S/C17H24N2O/c1-12(14-6-7-14)16-10-15(18-17(16)13(2)20)11-19-8-4-3-5-9-19/h10,14,18H,1,3-9,11H2,2H3. The average molecular weight is 272 g/mol. The van der Waals surface area contributed by atoms with Gasteiger partial charge in [-0.2, -0.15) is 0 Å². The Labute approximate surface area is 121 Å². The topological polar surface area (TPSA) is 36.1 Å². The highest BCUT2D eigenvalue weighted by atomic mass is 16.1. The number of aromatic nitrogens is 1. The molecule has 2 fully saturated rings. The van der Waals surface area contributed by atoms with Gasteiger partial charge in [-0.15, -0.1) is 0 Å². The number of H-pyrrole nitrogens is 1. The number of nitrogens with one attached hydrogen (secondary N) is 1. The van der Waals surface area contributed by atoms with Gasteiger partial charge in [0, 0.05) is 24.7 Å². The number of rotatable bonds is 5. The molecule has 0 amide bonds. The molecule has 0 unspecified atom stereocenters. The summed E-state index contributed by atoms with van der Waals surface area (Å²) in [6.07, 6.45) is 6.39. The van der Waals surface area contributed by atoms with Crippen LogP contribution in [0.3, 0.4) is 0 Å². The predicted octanol–water partition coefficient (Wildman–Crippen LogP) is 3.63. The molecule has 2 heterocycles. The normalized spacial score (nSPS) is 20.1. The van der Waals surface area contributed by atoms with Crippen LogP contribution in [0, 0.1) is 5.92 Å². The van der Waals surface area contributed by atoms with Crippen LogP contribution in [0.5, 0.6) is 0 Å². The largest absolute Gasteiger partial charge is 0.354 e. The smallest absolute Gasteiger partial charge is 0.176 e. The Morgan fingerprint density at radius 1 is 1.35 bits per heavy atom. The van der Waals surface area contributed by atoms with Crippen molar-refractivity contribution in [3.8, 4) is 0 Å². The molecule has 1 aliphatic heterocycles. The number of Topliss-reactive ketones (excluding diaryl/α,β-unsaturated/α-hetero) is 1. The maximum atomic E-state index is 11.8. The molecule has 2 aliphatic rings. The summed E-state index contributed by atoms with van der Waals surface area (Å²) in [5.74, 6) is 0.721. The summed E-state index contributed by atoms with van der Waals surface area (Å²) in [6, 6.07) is 2.16. The fourth-order valence-electron chi connectivity index (χ4n) is 3.14. The third kappa shape index (κ3) is 2.88. The molecule has 1 saturated heterocycles. The number of hydrogen-bond donors (Lipinski definition) is 1. The number of allylic oxidation sites excluding steroid dienone is 1. The van der Waals surface area contributed by atoms with Gasteiger partial charge in [0.2, 0.25) is 0 Å². The van der Waals surface area contributed by atoms with Crippen molar-refractivity contribution in [3.63, 3.8) is 0 Å². The Morgan fingerprint density at radius 2 is 2.05 bits per heavy atom. The van der Waals surface area contributed by atoms with E-state index in [0.717, 1.165) is 29.1 Å². The van der Waals surface area contributed by atoms with Crippen molar-refractivity contribution in [1.29, 1.82) is 0 Å². The van der Waals surface area contributed by atoms with E-state index in [1.807, 2.05) is 0 Å². The molecule has 1 aromatic rings. The van der Waals surface area contributed by atoms with E-state index in [0.29, 0.717) is 5.92 Å². The van der Waals surface area contributed by atoms with Crippen molar-refractivity contribution in [2.24, 2.45) is 5.92 Å². The highest BCUT2D eigenvalue weighted by Crippen LogP contribution is 2.42. The summed E-state index contributed by atoms with van der Waals surface area (Å²) in [6.45, 7) is 9.12. The number of piperidine rings is 1. The van der Waals surface area contributed by atoms with E-state index < -0.39 is 0 Å². The van der Waals surface area contributed by atoms with Gasteiger partial charge in [-0.1, -0.05) is 13.0 Å². The van der Waals surface area contributed by atoms with Gasteiger partial charge in [-0.3, -0.25) is 9.69 Å². The van der Waals surface area contributed by atoms with Crippen LogP contribution in [-0.2, 0) is 6.54 Å². The van der Waals surface area contributed by atoms with E-state index in [9.17, 15) is 4.79 Å². The summed E-state index contributed by atoms with van der Waals surface area (Å²) in [4.78, 5) is 17.6. The molecule has 20 heavy (non-hydrogen) atoms. The van der Waals surface area contributed by atoms with E-state index >= 15 is 0 Å². The van der Waals surface area contributed by atoms with E-state index in [2.05, 4.69) is 22.5 Å². The Balaban J connectivity index is 1.79. The first kappa shape index (κ1) is 13.6. The predicted molar refractivity (Wildman–Crippen MR) is 81.7 cm³/mol. The molecule has 3 heteroatoms. The summed E-state index contributed by atoms with van der Waals surface area (Å²) in [5.41, 5.74) is 4.13. The molecule has 0 atom stereocenters. The number of ketones is 1. The Bertz CT molecular complexity index is 519. The lowest BCUT2D eigenvalue weighted by atomic mass is 10.0. The van der Waals surface area contributed by atoms with Crippen LogP contribution < -0.4 is 0 Å². The van der Waals surface area contributed by atoms with Crippen molar-refractivity contribution in [2.75, 3.05) is 13.1 Å². The Hall–Kier alpha value is -1.35. The summed E-state index contributed by atoms with van der Waals surface area (Å²) in [5, 5.41) is 0. The highest BCUT2D eigenvalue weighted by molar-refractivity contribution is 5.97. The molecule has 0 spiro atoms. The minimum absolute atomic E-state index is 0.117. The van der Waals surface area contributed by atoms with Gasteiger partial charge in [-0.25, -0.2) is 0 Å².